The predicted molar refractivity (Wildman–Crippen MR) is 127 cm³/mol. The van der Waals surface area contributed by atoms with Crippen molar-refractivity contribution in [1.29, 1.82) is 0 Å². The summed E-state index contributed by atoms with van der Waals surface area (Å²) in [5.74, 6) is 0. The van der Waals surface area contributed by atoms with Gasteiger partial charge in [-0.2, -0.15) is 0 Å². The average molecular weight is 380 g/mol. The minimum absolute atomic E-state index is 1.26. The first-order chi connectivity index (χ1) is 14.9. The number of rotatable bonds is 0. The number of hydrogen-bond acceptors (Lipinski definition) is 0. The molecule has 3 heterocycles. The Balaban J connectivity index is 1.84. The predicted octanol–water partition coefficient (Wildman–Crippen LogP) is 7.40. The van der Waals surface area contributed by atoms with Gasteiger partial charge in [-0.05, 0) is 35.0 Å². The van der Waals surface area contributed by atoms with Crippen molar-refractivity contribution in [1.82, 2.24) is 8.80 Å². The van der Waals surface area contributed by atoms with Crippen LogP contribution in [0.1, 0.15) is 0 Å². The minimum Gasteiger partial charge on any atom is -0.305 e. The highest BCUT2D eigenvalue weighted by Crippen LogP contribution is 2.42. The summed E-state index contributed by atoms with van der Waals surface area (Å²) in [6.45, 7) is 0. The highest BCUT2D eigenvalue weighted by molar-refractivity contribution is 6.26. The quantitative estimate of drug-likeness (QED) is 0.242. The number of benzene rings is 5. The molecule has 8 aromatic rings. The van der Waals surface area contributed by atoms with Crippen molar-refractivity contribution in [2.75, 3.05) is 0 Å². The van der Waals surface area contributed by atoms with Gasteiger partial charge in [0.1, 0.15) is 0 Å². The van der Waals surface area contributed by atoms with E-state index in [9.17, 15) is 0 Å². The molecule has 0 radical (unpaired) electrons. The van der Waals surface area contributed by atoms with Crippen molar-refractivity contribution in [3.63, 3.8) is 0 Å². The normalized spacial score (nSPS) is 12.7. The lowest BCUT2D eigenvalue weighted by molar-refractivity contribution is 1.26. The molecule has 0 unspecified atom stereocenters. The molecule has 0 saturated carbocycles. The number of hydrogen-bond donors (Lipinski definition) is 0. The Morgan fingerprint density at radius 3 is 1.83 bits per heavy atom. The van der Waals surface area contributed by atoms with Crippen LogP contribution in [0.15, 0.2) is 97.1 Å². The van der Waals surface area contributed by atoms with Gasteiger partial charge >= 0.3 is 0 Å². The molecule has 8 rings (SSSR count). The third-order valence-corrected chi connectivity index (χ3v) is 6.81. The maximum Gasteiger partial charge on any atom is 0.0783 e. The van der Waals surface area contributed by atoms with Crippen LogP contribution in [0, 0.1) is 0 Å². The molecule has 0 aliphatic carbocycles. The van der Waals surface area contributed by atoms with E-state index in [0.29, 0.717) is 0 Å². The van der Waals surface area contributed by atoms with E-state index in [-0.39, 0.29) is 0 Å². The molecule has 0 bridgehead atoms. The smallest absolute Gasteiger partial charge is 0.0783 e. The lowest BCUT2D eigenvalue weighted by Crippen LogP contribution is -1.96. The van der Waals surface area contributed by atoms with Gasteiger partial charge in [-0.1, -0.05) is 72.8 Å². The molecule has 3 aromatic heterocycles. The minimum atomic E-state index is 1.26. The maximum atomic E-state index is 2.48. The van der Waals surface area contributed by atoms with Crippen LogP contribution in [0.25, 0.3) is 65.4 Å². The van der Waals surface area contributed by atoms with Gasteiger partial charge in [-0.25, -0.2) is 0 Å². The second kappa shape index (κ2) is 4.92. The van der Waals surface area contributed by atoms with Gasteiger partial charge in [0.25, 0.3) is 0 Å². The number of fused-ring (bicyclic) bond motifs is 10. The summed E-state index contributed by atoms with van der Waals surface area (Å²) < 4.78 is 4.94. The van der Waals surface area contributed by atoms with Crippen LogP contribution in [0.4, 0.5) is 0 Å². The summed E-state index contributed by atoms with van der Waals surface area (Å²) in [6, 6.07) is 35.5. The Labute approximate surface area is 171 Å². The number of nitrogens with zero attached hydrogens (tertiary/aromatic N) is 2. The first-order valence-electron chi connectivity index (χ1n) is 10.4. The zero-order valence-corrected chi connectivity index (χ0v) is 16.1. The topological polar surface area (TPSA) is 8.82 Å². The van der Waals surface area contributed by atoms with Crippen LogP contribution >= 0.6 is 0 Å². The van der Waals surface area contributed by atoms with Crippen LogP contribution in [-0.4, -0.2) is 8.80 Å². The SMILES string of the molecule is c1ccc2c(c1)ccc1c2c2cccc3c2n1c1cccc2c4ccccc4n3c21. The van der Waals surface area contributed by atoms with Crippen molar-refractivity contribution in [3.8, 4) is 0 Å². The fourth-order valence-electron chi connectivity index (χ4n) is 5.68. The largest absolute Gasteiger partial charge is 0.305 e. The van der Waals surface area contributed by atoms with Gasteiger partial charge in [-0.3, -0.25) is 0 Å². The van der Waals surface area contributed by atoms with Crippen molar-refractivity contribution in [2.45, 2.75) is 0 Å². The second-order valence-corrected chi connectivity index (χ2v) is 8.22. The Hall–Kier alpha value is -4.04. The van der Waals surface area contributed by atoms with Gasteiger partial charge in [0.15, 0.2) is 0 Å². The van der Waals surface area contributed by atoms with E-state index in [1.54, 1.807) is 0 Å². The van der Waals surface area contributed by atoms with Gasteiger partial charge in [0.05, 0.1) is 33.1 Å². The molecule has 138 valence electrons. The molecule has 30 heavy (non-hydrogen) atoms. The third kappa shape index (κ3) is 1.53. The molecule has 0 aliphatic rings. The van der Waals surface area contributed by atoms with Crippen LogP contribution < -0.4 is 0 Å². The molecule has 0 amide bonds. The van der Waals surface area contributed by atoms with Crippen molar-refractivity contribution < 1.29 is 0 Å². The summed E-state index contributed by atoms with van der Waals surface area (Å²) in [5.41, 5.74) is 7.67. The van der Waals surface area contributed by atoms with E-state index in [4.69, 9.17) is 0 Å². The molecular weight excluding hydrogens is 364 g/mol. The second-order valence-electron chi connectivity index (χ2n) is 8.22. The molecule has 0 fully saturated rings. The van der Waals surface area contributed by atoms with Crippen molar-refractivity contribution in [3.05, 3.63) is 97.1 Å². The lowest BCUT2D eigenvalue weighted by atomic mass is 10.0. The molecule has 2 nitrogen and oxygen atoms in total. The fraction of sp³-hybridized carbons (Fsp3) is 0. The number of para-hydroxylation sites is 3. The highest BCUT2D eigenvalue weighted by atomic mass is 15.0. The molecule has 2 heteroatoms. The van der Waals surface area contributed by atoms with E-state index >= 15 is 0 Å². The molecular formula is C28H16N2. The lowest BCUT2D eigenvalue weighted by Gasteiger charge is -2.11. The van der Waals surface area contributed by atoms with E-state index in [2.05, 4.69) is 106 Å². The molecule has 5 aromatic carbocycles. The summed E-state index contributed by atoms with van der Waals surface area (Å²) in [6.07, 6.45) is 0. The average Bonchev–Trinajstić information content (AvgIpc) is 3.33. The molecule has 0 saturated heterocycles. The molecule has 0 aliphatic heterocycles. The summed E-state index contributed by atoms with van der Waals surface area (Å²) >= 11 is 0. The first kappa shape index (κ1) is 14.9. The molecule has 0 N–H and O–H groups in total. The summed E-state index contributed by atoms with van der Waals surface area (Å²) in [7, 11) is 0. The monoisotopic (exact) mass is 380 g/mol. The molecule has 0 spiro atoms. The summed E-state index contributed by atoms with van der Waals surface area (Å²) in [5, 5.41) is 7.90. The van der Waals surface area contributed by atoms with E-state index in [1.165, 1.54) is 65.4 Å². The van der Waals surface area contributed by atoms with Crippen LogP contribution in [0.3, 0.4) is 0 Å². The highest BCUT2D eigenvalue weighted by Gasteiger charge is 2.20. The fourth-order valence-corrected chi connectivity index (χ4v) is 5.68. The van der Waals surface area contributed by atoms with Gasteiger partial charge in [0, 0.05) is 21.5 Å². The zero-order chi connectivity index (χ0) is 19.4. The van der Waals surface area contributed by atoms with E-state index < -0.39 is 0 Å². The van der Waals surface area contributed by atoms with Gasteiger partial charge in [0.2, 0.25) is 0 Å². The summed E-state index contributed by atoms with van der Waals surface area (Å²) in [4.78, 5) is 0. The standard InChI is InChI=1S/C28H16N2/c1-2-8-18-17(7-1)15-16-23-26(18)21-11-6-14-25-28(21)30(23)24-13-5-10-20-19-9-3-4-12-22(19)29(25)27(20)24/h1-16H. The van der Waals surface area contributed by atoms with Gasteiger partial charge in [-0.15, -0.1) is 0 Å². The van der Waals surface area contributed by atoms with Crippen LogP contribution in [0.5, 0.6) is 0 Å². The number of aromatic nitrogens is 2. The maximum absolute atomic E-state index is 2.48. The Kier molecular flexibility index (Phi) is 2.44. The van der Waals surface area contributed by atoms with Gasteiger partial charge < -0.3 is 8.80 Å². The Morgan fingerprint density at radius 1 is 0.367 bits per heavy atom. The first-order valence-corrected chi connectivity index (χ1v) is 10.4. The van der Waals surface area contributed by atoms with Crippen LogP contribution in [-0.2, 0) is 0 Å². The van der Waals surface area contributed by atoms with Crippen molar-refractivity contribution >= 4 is 65.4 Å². The Morgan fingerprint density at radius 2 is 0.967 bits per heavy atom. The van der Waals surface area contributed by atoms with E-state index in [0.717, 1.165) is 0 Å². The zero-order valence-electron chi connectivity index (χ0n) is 16.1. The van der Waals surface area contributed by atoms with Crippen molar-refractivity contribution in [2.24, 2.45) is 0 Å². The molecule has 0 atom stereocenters. The third-order valence-electron chi connectivity index (χ3n) is 6.81. The Bertz CT molecular complexity index is 1950. The van der Waals surface area contributed by atoms with Crippen LogP contribution in [0.2, 0.25) is 0 Å². The van der Waals surface area contributed by atoms with E-state index in [1.807, 2.05) is 0 Å².